The molecule has 1 aliphatic heterocycles. The SMILES string of the molecule is C=CC[C@@H]1c2c(ncnc2C(=C)C)NC[C@@H](CO[Si](C(C)C)(C(C)C)C(C)C)N1Cc1ccccc1. The van der Waals surface area contributed by atoms with E-state index in [4.69, 9.17) is 4.43 Å². The van der Waals surface area contributed by atoms with Gasteiger partial charge in [0.1, 0.15) is 12.1 Å². The molecule has 2 heterocycles. The van der Waals surface area contributed by atoms with Crippen LogP contribution < -0.4 is 5.32 Å². The van der Waals surface area contributed by atoms with Crippen LogP contribution in [0.5, 0.6) is 0 Å². The lowest BCUT2D eigenvalue weighted by molar-refractivity contribution is 0.0869. The van der Waals surface area contributed by atoms with Gasteiger partial charge in [-0.3, -0.25) is 4.90 Å². The van der Waals surface area contributed by atoms with Gasteiger partial charge in [-0.15, -0.1) is 6.58 Å². The number of nitrogens with zero attached hydrogens (tertiary/aromatic N) is 3. The van der Waals surface area contributed by atoms with Crippen molar-refractivity contribution in [1.29, 1.82) is 0 Å². The first-order valence-corrected chi connectivity index (χ1v) is 15.6. The second-order valence-corrected chi connectivity index (χ2v) is 16.6. The number of allylic oxidation sites excluding steroid dienone is 1. The number of aromatic nitrogens is 2. The normalized spacial score (nSPS) is 18.7. The zero-order chi connectivity index (χ0) is 26.5. The highest BCUT2D eigenvalue weighted by molar-refractivity contribution is 6.77. The van der Waals surface area contributed by atoms with Crippen molar-refractivity contribution in [2.75, 3.05) is 18.5 Å². The predicted molar refractivity (Wildman–Crippen MR) is 156 cm³/mol. The summed E-state index contributed by atoms with van der Waals surface area (Å²) >= 11 is 0. The molecule has 196 valence electrons. The third-order valence-electron chi connectivity index (χ3n) is 7.83. The van der Waals surface area contributed by atoms with E-state index >= 15 is 0 Å². The Hall–Kier alpha value is -2.28. The fourth-order valence-electron chi connectivity index (χ4n) is 6.28. The molecule has 1 aromatic carbocycles. The van der Waals surface area contributed by atoms with Gasteiger partial charge in [-0.1, -0.05) is 84.5 Å². The Morgan fingerprint density at radius 3 is 2.31 bits per heavy atom. The molecule has 0 saturated carbocycles. The fraction of sp³-hybridized carbons (Fsp3) is 0.533. The third kappa shape index (κ3) is 5.82. The van der Waals surface area contributed by atoms with Crippen LogP contribution in [0.1, 0.15) is 77.7 Å². The van der Waals surface area contributed by atoms with E-state index in [1.54, 1.807) is 6.33 Å². The van der Waals surface area contributed by atoms with Crippen LogP contribution >= 0.6 is 0 Å². The Morgan fingerprint density at radius 1 is 1.11 bits per heavy atom. The number of rotatable bonds is 11. The molecular formula is C30H46N4OSi. The summed E-state index contributed by atoms with van der Waals surface area (Å²) in [6, 6.07) is 11.0. The van der Waals surface area contributed by atoms with E-state index in [0.29, 0.717) is 23.2 Å². The largest absolute Gasteiger partial charge is 0.414 e. The van der Waals surface area contributed by atoms with E-state index < -0.39 is 8.32 Å². The summed E-state index contributed by atoms with van der Waals surface area (Å²) in [4.78, 5) is 11.9. The number of fused-ring (bicyclic) bond motifs is 1. The summed E-state index contributed by atoms with van der Waals surface area (Å²) in [5, 5.41) is 3.67. The summed E-state index contributed by atoms with van der Waals surface area (Å²) < 4.78 is 7.16. The van der Waals surface area contributed by atoms with Crippen LogP contribution in [0.2, 0.25) is 16.6 Å². The van der Waals surface area contributed by atoms with Crippen LogP contribution in [-0.2, 0) is 11.0 Å². The minimum Gasteiger partial charge on any atom is -0.414 e. The van der Waals surface area contributed by atoms with Gasteiger partial charge in [0.05, 0.1) is 12.3 Å². The van der Waals surface area contributed by atoms with Gasteiger partial charge in [0, 0.05) is 30.7 Å². The number of anilines is 1. The summed E-state index contributed by atoms with van der Waals surface area (Å²) in [6.45, 7) is 26.8. The Labute approximate surface area is 220 Å². The maximum Gasteiger partial charge on any atom is 0.200 e. The minimum atomic E-state index is -2.02. The van der Waals surface area contributed by atoms with Crippen LogP contribution in [0.15, 0.2) is 55.9 Å². The van der Waals surface area contributed by atoms with E-state index in [1.807, 2.05) is 13.0 Å². The molecule has 2 aromatic rings. The van der Waals surface area contributed by atoms with Gasteiger partial charge >= 0.3 is 0 Å². The molecule has 3 rings (SSSR count). The summed E-state index contributed by atoms with van der Waals surface area (Å²) in [5.74, 6) is 0.899. The van der Waals surface area contributed by atoms with Gasteiger partial charge in [0.15, 0.2) is 8.32 Å². The van der Waals surface area contributed by atoms with Gasteiger partial charge in [-0.25, -0.2) is 9.97 Å². The predicted octanol–water partition coefficient (Wildman–Crippen LogP) is 7.62. The smallest absolute Gasteiger partial charge is 0.200 e. The van der Waals surface area contributed by atoms with Gasteiger partial charge in [-0.2, -0.15) is 0 Å². The standard InChI is InChI=1S/C30H46N4OSi/c1-10-14-27-28-29(21(2)3)32-20-33-30(28)31-17-26(34(27)18-25-15-12-11-13-16-25)19-35-36(22(4)5,23(6)7)24(8)9/h10-13,15-16,20,22-24,26-27H,1-2,14,17-19H2,3-9H3,(H,31,32,33)/t26-,27+/m0/s1. The topological polar surface area (TPSA) is 50.3 Å². The Balaban J connectivity index is 2.08. The zero-order valence-corrected chi connectivity index (χ0v) is 24.4. The molecule has 0 aliphatic carbocycles. The van der Waals surface area contributed by atoms with Gasteiger partial charge < -0.3 is 9.74 Å². The molecule has 36 heavy (non-hydrogen) atoms. The highest BCUT2D eigenvalue weighted by atomic mass is 28.4. The first-order valence-electron chi connectivity index (χ1n) is 13.4. The molecule has 6 heteroatoms. The number of nitrogens with one attached hydrogen (secondary N) is 1. The van der Waals surface area contributed by atoms with Crippen LogP contribution in [0.4, 0.5) is 5.82 Å². The molecule has 2 atom stereocenters. The van der Waals surface area contributed by atoms with Gasteiger partial charge in [0.2, 0.25) is 0 Å². The number of hydrogen-bond donors (Lipinski definition) is 1. The van der Waals surface area contributed by atoms with Crippen LogP contribution in [-0.4, -0.2) is 42.4 Å². The average molecular weight is 507 g/mol. The van der Waals surface area contributed by atoms with Crippen molar-refractivity contribution >= 4 is 19.7 Å². The molecule has 0 spiro atoms. The lowest BCUT2D eigenvalue weighted by Crippen LogP contribution is -2.52. The Morgan fingerprint density at radius 2 is 1.75 bits per heavy atom. The summed E-state index contributed by atoms with van der Waals surface area (Å²) in [6.07, 6.45) is 4.46. The zero-order valence-electron chi connectivity index (χ0n) is 23.4. The van der Waals surface area contributed by atoms with E-state index in [0.717, 1.165) is 42.2 Å². The molecule has 0 unspecified atom stereocenters. The first kappa shape index (κ1) is 28.3. The minimum absolute atomic E-state index is 0.0717. The van der Waals surface area contributed by atoms with Crippen LogP contribution in [0, 0.1) is 0 Å². The molecule has 1 aliphatic rings. The van der Waals surface area contributed by atoms with Gasteiger partial charge in [0.25, 0.3) is 0 Å². The summed E-state index contributed by atoms with van der Waals surface area (Å²) in [7, 11) is -2.02. The molecule has 0 bridgehead atoms. The highest BCUT2D eigenvalue weighted by Crippen LogP contribution is 2.43. The first-order chi connectivity index (χ1) is 17.1. The van der Waals surface area contributed by atoms with E-state index in [9.17, 15) is 0 Å². The van der Waals surface area contributed by atoms with Gasteiger partial charge in [-0.05, 0) is 41.1 Å². The molecular weight excluding hydrogens is 460 g/mol. The molecule has 1 N–H and O–H groups in total. The van der Waals surface area contributed by atoms with Crippen LogP contribution in [0.25, 0.3) is 5.57 Å². The molecule has 1 aromatic heterocycles. The monoisotopic (exact) mass is 506 g/mol. The quantitative estimate of drug-likeness (QED) is 0.251. The third-order valence-corrected chi connectivity index (χ3v) is 13.9. The van der Waals surface area contributed by atoms with E-state index in [1.165, 1.54) is 5.56 Å². The second kappa shape index (κ2) is 12.3. The Kier molecular flexibility index (Phi) is 9.67. The molecule has 0 saturated heterocycles. The van der Waals surface area contributed by atoms with Crippen molar-refractivity contribution in [1.82, 2.24) is 14.9 Å². The maximum absolute atomic E-state index is 7.16. The summed E-state index contributed by atoms with van der Waals surface area (Å²) in [5.41, 5.74) is 5.90. The van der Waals surface area contributed by atoms with Crippen molar-refractivity contribution in [3.63, 3.8) is 0 Å². The van der Waals surface area contributed by atoms with E-state index in [-0.39, 0.29) is 12.1 Å². The number of benzene rings is 1. The van der Waals surface area contributed by atoms with Crippen molar-refractivity contribution in [2.45, 2.75) is 90.1 Å². The highest BCUT2D eigenvalue weighted by Gasteiger charge is 2.46. The Bertz CT molecular complexity index is 999. The average Bonchev–Trinajstić information content (AvgIpc) is 2.97. The molecule has 5 nitrogen and oxygen atoms in total. The van der Waals surface area contributed by atoms with Crippen molar-refractivity contribution in [2.24, 2.45) is 0 Å². The second-order valence-electron chi connectivity index (χ2n) is 11.1. The lowest BCUT2D eigenvalue weighted by atomic mass is 9.96. The fourth-order valence-corrected chi connectivity index (χ4v) is 11.8. The van der Waals surface area contributed by atoms with Crippen molar-refractivity contribution in [3.8, 4) is 0 Å². The van der Waals surface area contributed by atoms with Crippen LogP contribution in [0.3, 0.4) is 0 Å². The van der Waals surface area contributed by atoms with Crippen molar-refractivity contribution in [3.05, 3.63) is 72.7 Å². The molecule has 0 fully saturated rings. The molecule has 0 radical (unpaired) electrons. The van der Waals surface area contributed by atoms with E-state index in [2.05, 4.69) is 105 Å². The molecule has 0 amide bonds. The van der Waals surface area contributed by atoms with Crippen molar-refractivity contribution < 1.29 is 4.43 Å². The lowest BCUT2D eigenvalue weighted by Gasteiger charge is -2.44. The number of hydrogen-bond acceptors (Lipinski definition) is 5. The maximum atomic E-state index is 7.16.